The molecule has 1 aromatic carbocycles. The van der Waals surface area contributed by atoms with E-state index in [4.69, 9.17) is 5.11 Å². The predicted octanol–water partition coefficient (Wildman–Crippen LogP) is 3.00. The Bertz CT molecular complexity index is 494. The first-order chi connectivity index (χ1) is 10.3. The van der Waals surface area contributed by atoms with E-state index in [1.165, 1.54) is 10.5 Å². The molecule has 4 heteroatoms. The third-order valence-electron chi connectivity index (χ3n) is 3.69. The molecule has 0 aliphatic heterocycles. The monoisotopic (exact) mass is 305 g/mol. The fourth-order valence-corrected chi connectivity index (χ4v) is 2.35. The molecule has 22 heavy (non-hydrogen) atoms. The van der Waals surface area contributed by atoms with E-state index in [1.54, 1.807) is 14.0 Å². The van der Waals surface area contributed by atoms with Crippen molar-refractivity contribution in [3.63, 3.8) is 0 Å². The van der Waals surface area contributed by atoms with Crippen LogP contribution in [0.3, 0.4) is 0 Å². The van der Waals surface area contributed by atoms with E-state index in [2.05, 4.69) is 38.1 Å². The lowest BCUT2D eigenvalue weighted by Crippen LogP contribution is -2.33. The minimum atomic E-state index is -0.875. The van der Waals surface area contributed by atoms with Crippen LogP contribution in [0.25, 0.3) is 0 Å². The number of nitrogens with zero attached hydrogens (tertiary/aromatic N) is 1. The summed E-state index contributed by atoms with van der Waals surface area (Å²) in [6.45, 7) is 6.25. The topological polar surface area (TPSA) is 57.6 Å². The number of aliphatic carboxylic acids is 1. The largest absolute Gasteiger partial charge is 0.481 e. The molecule has 0 heterocycles. The Hall–Kier alpha value is -1.84. The number of hydrogen-bond donors (Lipinski definition) is 1. The van der Waals surface area contributed by atoms with Gasteiger partial charge in [-0.2, -0.15) is 0 Å². The minimum absolute atomic E-state index is 0.0145. The van der Waals surface area contributed by atoms with Gasteiger partial charge in [-0.15, -0.1) is 0 Å². The quantitative estimate of drug-likeness (QED) is 0.803. The molecule has 1 unspecified atom stereocenters. The van der Waals surface area contributed by atoms with Gasteiger partial charge < -0.3 is 10.0 Å². The van der Waals surface area contributed by atoms with Crippen molar-refractivity contribution in [3.8, 4) is 0 Å². The van der Waals surface area contributed by atoms with E-state index in [9.17, 15) is 9.59 Å². The molecule has 122 valence electrons. The summed E-state index contributed by atoms with van der Waals surface area (Å²) in [4.78, 5) is 24.3. The fraction of sp³-hybridized carbons (Fsp3) is 0.556. The van der Waals surface area contributed by atoms with Crippen LogP contribution in [-0.2, 0) is 22.4 Å². The molecule has 0 saturated carbocycles. The molecule has 0 aliphatic carbocycles. The Morgan fingerprint density at radius 3 is 2.14 bits per heavy atom. The second kappa shape index (κ2) is 8.57. The summed E-state index contributed by atoms with van der Waals surface area (Å²) in [7, 11) is 1.66. The van der Waals surface area contributed by atoms with Crippen molar-refractivity contribution in [2.75, 3.05) is 13.6 Å². The summed E-state index contributed by atoms with van der Waals surface area (Å²) in [5.41, 5.74) is 2.46. The van der Waals surface area contributed by atoms with Crippen LogP contribution in [0, 0.1) is 11.8 Å². The first-order valence-electron chi connectivity index (χ1n) is 7.84. The van der Waals surface area contributed by atoms with E-state index < -0.39 is 11.9 Å². The highest BCUT2D eigenvalue weighted by molar-refractivity contribution is 5.77. The maximum Gasteiger partial charge on any atom is 0.308 e. The Kier molecular flexibility index (Phi) is 7.09. The van der Waals surface area contributed by atoms with Crippen LogP contribution in [0.1, 0.15) is 38.3 Å². The maximum atomic E-state index is 12.0. The number of rotatable bonds is 8. The van der Waals surface area contributed by atoms with Gasteiger partial charge in [-0.3, -0.25) is 9.59 Å². The van der Waals surface area contributed by atoms with Gasteiger partial charge >= 0.3 is 5.97 Å². The van der Waals surface area contributed by atoms with Crippen LogP contribution in [0.2, 0.25) is 0 Å². The molecule has 0 spiro atoms. The first-order valence-corrected chi connectivity index (χ1v) is 7.84. The molecule has 0 radical (unpaired) electrons. The third kappa shape index (κ3) is 6.29. The van der Waals surface area contributed by atoms with Crippen LogP contribution in [0.15, 0.2) is 24.3 Å². The number of carboxylic acid groups (broad SMARTS) is 1. The summed E-state index contributed by atoms with van der Waals surface area (Å²) in [5.74, 6) is -0.790. The summed E-state index contributed by atoms with van der Waals surface area (Å²) < 4.78 is 0. The number of carbonyl (C=O) groups excluding carboxylic acids is 1. The smallest absolute Gasteiger partial charge is 0.308 e. The van der Waals surface area contributed by atoms with Gasteiger partial charge in [0.05, 0.1) is 5.92 Å². The number of benzene rings is 1. The number of carboxylic acids is 1. The highest BCUT2D eigenvalue weighted by atomic mass is 16.4. The van der Waals surface area contributed by atoms with Gasteiger partial charge in [-0.05, 0) is 29.9 Å². The Morgan fingerprint density at radius 2 is 1.64 bits per heavy atom. The molecule has 0 aliphatic rings. The zero-order valence-electron chi connectivity index (χ0n) is 14.0. The highest BCUT2D eigenvalue weighted by Gasteiger charge is 2.17. The second-order valence-electron chi connectivity index (χ2n) is 6.43. The Balaban J connectivity index is 2.45. The maximum absolute atomic E-state index is 12.0. The summed E-state index contributed by atoms with van der Waals surface area (Å²) >= 11 is 0. The lowest BCUT2D eigenvalue weighted by atomic mass is 10.0. The van der Waals surface area contributed by atoms with Gasteiger partial charge in [0, 0.05) is 20.0 Å². The van der Waals surface area contributed by atoms with Crippen LogP contribution in [0.4, 0.5) is 0 Å². The standard InChI is InChI=1S/C18H27NO3/c1-13(2)11-16-7-5-15(6-8-16)9-10-17(20)19(4)12-14(3)18(21)22/h5-8,13-14H,9-12H2,1-4H3,(H,21,22). The van der Waals surface area contributed by atoms with E-state index in [0.29, 0.717) is 18.8 Å². The highest BCUT2D eigenvalue weighted by Crippen LogP contribution is 2.12. The van der Waals surface area contributed by atoms with Gasteiger partial charge in [0.2, 0.25) is 5.91 Å². The van der Waals surface area contributed by atoms with Crippen molar-refractivity contribution in [1.82, 2.24) is 4.90 Å². The molecule has 1 rings (SSSR count). The number of aryl methyl sites for hydroxylation is 1. The number of amides is 1. The van der Waals surface area contributed by atoms with Crippen LogP contribution in [0.5, 0.6) is 0 Å². The molecule has 4 nitrogen and oxygen atoms in total. The van der Waals surface area contributed by atoms with Gasteiger partial charge in [-0.25, -0.2) is 0 Å². The average molecular weight is 305 g/mol. The Morgan fingerprint density at radius 1 is 1.09 bits per heavy atom. The normalized spacial score (nSPS) is 12.2. The van der Waals surface area contributed by atoms with E-state index >= 15 is 0 Å². The van der Waals surface area contributed by atoms with Gasteiger partial charge in [-0.1, -0.05) is 45.0 Å². The summed E-state index contributed by atoms with van der Waals surface area (Å²) in [6, 6.07) is 8.39. The first kappa shape index (κ1) is 18.2. The Labute approximate surface area is 133 Å². The van der Waals surface area contributed by atoms with Crippen LogP contribution in [-0.4, -0.2) is 35.5 Å². The van der Waals surface area contributed by atoms with E-state index in [0.717, 1.165) is 12.0 Å². The van der Waals surface area contributed by atoms with Crippen molar-refractivity contribution in [1.29, 1.82) is 0 Å². The van der Waals surface area contributed by atoms with Gasteiger partial charge in [0.15, 0.2) is 0 Å². The van der Waals surface area contributed by atoms with Crippen LogP contribution >= 0.6 is 0 Å². The summed E-state index contributed by atoms with van der Waals surface area (Å²) in [5, 5.41) is 8.87. The van der Waals surface area contributed by atoms with Gasteiger partial charge in [0.25, 0.3) is 0 Å². The van der Waals surface area contributed by atoms with Crippen molar-refractivity contribution < 1.29 is 14.7 Å². The zero-order chi connectivity index (χ0) is 16.7. The molecule has 0 aromatic heterocycles. The molecule has 1 aromatic rings. The molecular weight excluding hydrogens is 278 g/mol. The van der Waals surface area contributed by atoms with Crippen LogP contribution < -0.4 is 0 Å². The molecule has 1 atom stereocenters. The lowest BCUT2D eigenvalue weighted by Gasteiger charge is -2.19. The summed E-state index contributed by atoms with van der Waals surface area (Å²) in [6.07, 6.45) is 2.16. The SMILES string of the molecule is CC(C)Cc1ccc(CCC(=O)N(C)CC(C)C(=O)O)cc1. The fourth-order valence-electron chi connectivity index (χ4n) is 2.35. The van der Waals surface area contributed by atoms with Gasteiger partial charge in [0.1, 0.15) is 0 Å². The third-order valence-corrected chi connectivity index (χ3v) is 3.69. The number of carbonyl (C=O) groups is 2. The van der Waals surface area contributed by atoms with E-state index in [1.807, 2.05) is 0 Å². The van der Waals surface area contributed by atoms with Crippen molar-refractivity contribution in [2.45, 2.75) is 40.0 Å². The second-order valence-corrected chi connectivity index (χ2v) is 6.43. The zero-order valence-corrected chi connectivity index (χ0v) is 14.0. The molecule has 0 saturated heterocycles. The lowest BCUT2D eigenvalue weighted by molar-refractivity contribution is -0.142. The molecule has 1 N–H and O–H groups in total. The van der Waals surface area contributed by atoms with E-state index in [-0.39, 0.29) is 12.5 Å². The molecular formula is C18H27NO3. The number of hydrogen-bond acceptors (Lipinski definition) is 2. The van der Waals surface area contributed by atoms with Crippen molar-refractivity contribution in [3.05, 3.63) is 35.4 Å². The minimum Gasteiger partial charge on any atom is -0.481 e. The van der Waals surface area contributed by atoms with Crippen molar-refractivity contribution >= 4 is 11.9 Å². The molecule has 0 fully saturated rings. The van der Waals surface area contributed by atoms with Crippen molar-refractivity contribution in [2.24, 2.45) is 11.8 Å². The average Bonchev–Trinajstić information content (AvgIpc) is 2.45. The predicted molar refractivity (Wildman–Crippen MR) is 87.7 cm³/mol. The molecule has 1 amide bonds. The molecule has 0 bridgehead atoms.